The van der Waals surface area contributed by atoms with Crippen LogP contribution in [0.1, 0.15) is 10.4 Å². The van der Waals surface area contributed by atoms with Gasteiger partial charge in [0.15, 0.2) is 0 Å². The second kappa shape index (κ2) is 6.27. The van der Waals surface area contributed by atoms with Gasteiger partial charge in [0, 0.05) is 17.3 Å². The molecule has 0 saturated heterocycles. The molecule has 6 heteroatoms. The maximum absolute atomic E-state index is 12.1. The van der Waals surface area contributed by atoms with Gasteiger partial charge in [0.25, 0.3) is 5.91 Å². The van der Waals surface area contributed by atoms with Crippen molar-refractivity contribution in [2.75, 3.05) is 17.9 Å². The number of nitrogens with one attached hydrogen (secondary N) is 2. The molecule has 2 aromatic carbocycles. The molecule has 0 fully saturated rings. The molecule has 0 aliphatic carbocycles. The van der Waals surface area contributed by atoms with Crippen LogP contribution < -0.4 is 21.3 Å². The normalized spacial score (nSPS) is 9.95. The lowest BCUT2D eigenvalue weighted by atomic mass is 10.2. The van der Waals surface area contributed by atoms with Crippen LogP contribution in [0.5, 0.6) is 5.75 Å². The number of hydrogen-bond donors (Lipinski definition) is 3. The number of amides is 1. The van der Waals surface area contributed by atoms with Crippen molar-refractivity contribution in [2.24, 2.45) is 5.84 Å². The Bertz CT molecular complexity index is 614. The number of nitrogens with two attached hydrogens (primary N) is 1. The maximum atomic E-state index is 12.1. The van der Waals surface area contributed by atoms with E-state index in [1.807, 2.05) is 0 Å². The number of methoxy groups -OCH3 is 1. The van der Waals surface area contributed by atoms with Gasteiger partial charge in [-0.1, -0.05) is 11.6 Å². The smallest absolute Gasteiger partial charge is 0.255 e. The molecule has 20 heavy (non-hydrogen) atoms. The highest BCUT2D eigenvalue weighted by molar-refractivity contribution is 6.34. The Morgan fingerprint density at radius 3 is 2.50 bits per heavy atom. The minimum atomic E-state index is -0.260. The fraction of sp³-hybridized carbons (Fsp3) is 0.0714. The number of hydrazine groups is 1. The highest BCUT2D eigenvalue weighted by atomic mass is 35.5. The molecule has 0 aromatic heterocycles. The number of hydrogen-bond acceptors (Lipinski definition) is 4. The fourth-order valence-electron chi connectivity index (χ4n) is 1.64. The number of benzene rings is 2. The first-order chi connectivity index (χ1) is 9.63. The van der Waals surface area contributed by atoms with Gasteiger partial charge in [-0.3, -0.25) is 10.6 Å². The number of ether oxygens (including phenoxy) is 1. The molecule has 0 spiro atoms. The first-order valence-electron chi connectivity index (χ1n) is 5.85. The zero-order valence-corrected chi connectivity index (χ0v) is 11.6. The van der Waals surface area contributed by atoms with Crippen molar-refractivity contribution >= 4 is 28.9 Å². The van der Waals surface area contributed by atoms with Crippen molar-refractivity contribution in [3.63, 3.8) is 0 Å². The van der Waals surface area contributed by atoms with E-state index in [0.29, 0.717) is 22.0 Å². The minimum absolute atomic E-state index is 0.260. The van der Waals surface area contributed by atoms with Crippen LogP contribution in [0.3, 0.4) is 0 Å². The van der Waals surface area contributed by atoms with Crippen LogP contribution in [0.4, 0.5) is 11.4 Å². The summed E-state index contributed by atoms with van der Waals surface area (Å²) in [5.41, 5.74) is 4.22. The minimum Gasteiger partial charge on any atom is -0.497 e. The summed E-state index contributed by atoms with van der Waals surface area (Å²) in [5.74, 6) is 5.63. The Hall–Kier alpha value is -2.24. The molecule has 5 nitrogen and oxygen atoms in total. The Kier molecular flexibility index (Phi) is 4.45. The van der Waals surface area contributed by atoms with Crippen LogP contribution in [0.15, 0.2) is 42.5 Å². The Morgan fingerprint density at radius 2 is 1.90 bits per heavy atom. The third kappa shape index (κ3) is 3.20. The lowest BCUT2D eigenvalue weighted by Gasteiger charge is -2.09. The maximum Gasteiger partial charge on any atom is 0.255 e. The highest BCUT2D eigenvalue weighted by Gasteiger charge is 2.09. The zero-order valence-electron chi connectivity index (χ0n) is 10.8. The first kappa shape index (κ1) is 14.2. The average Bonchev–Trinajstić information content (AvgIpc) is 2.49. The zero-order chi connectivity index (χ0) is 14.5. The number of carbonyl (C=O) groups excluding carboxylic acids is 1. The summed E-state index contributed by atoms with van der Waals surface area (Å²) in [6.07, 6.45) is 0. The molecule has 0 unspecified atom stereocenters. The van der Waals surface area contributed by atoms with Crippen LogP contribution in [-0.4, -0.2) is 13.0 Å². The monoisotopic (exact) mass is 291 g/mol. The summed E-state index contributed by atoms with van der Waals surface area (Å²) in [6.45, 7) is 0. The van der Waals surface area contributed by atoms with E-state index in [0.717, 1.165) is 5.69 Å². The van der Waals surface area contributed by atoms with E-state index in [1.165, 1.54) is 0 Å². The number of carbonyl (C=O) groups is 1. The molecule has 0 radical (unpaired) electrons. The summed E-state index contributed by atoms with van der Waals surface area (Å²) in [6, 6.07) is 11.8. The van der Waals surface area contributed by atoms with Crippen molar-refractivity contribution in [1.82, 2.24) is 0 Å². The van der Waals surface area contributed by atoms with Gasteiger partial charge in [-0.2, -0.15) is 0 Å². The van der Waals surface area contributed by atoms with Gasteiger partial charge in [0.05, 0.1) is 17.8 Å². The summed E-state index contributed by atoms with van der Waals surface area (Å²) in [7, 11) is 1.55. The number of nitrogen functional groups attached to an aromatic ring is 1. The van der Waals surface area contributed by atoms with Crippen molar-refractivity contribution in [1.29, 1.82) is 0 Å². The van der Waals surface area contributed by atoms with Gasteiger partial charge in [-0.25, -0.2) is 0 Å². The molecule has 0 atom stereocenters. The van der Waals surface area contributed by atoms with Crippen LogP contribution >= 0.6 is 11.6 Å². The SMILES string of the molecule is COc1ccc(Cl)c(NC(=O)c2ccc(NN)cc2)c1. The predicted octanol–water partition coefficient (Wildman–Crippen LogP) is 2.89. The number of halogens is 1. The number of anilines is 2. The number of rotatable bonds is 4. The van der Waals surface area contributed by atoms with Crippen LogP contribution in [0, 0.1) is 0 Å². The Labute approximate surface area is 121 Å². The van der Waals surface area contributed by atoms with Crippen molar-refractivity contribution < 1.29 is 9.53 Å². The summed E-state index contributed by atoms with van der Waals surface area (Å²) in [5, 5.41) is 3.18. The van der Waals surface area contributed by atoms with E-state index >= 15 is 0 Å². The molecular formula is C14H14ClN3O2. The molecule has 2 aromatic rings. The summed E-state index contributed by atoms with van der Waals surface area (Å²) < 4.78 is 5.10. The summed E-state index contributed by atoms with van der Waals surface area (Å²) >= 11 is 6.04. The van der Waals surface area contributed by atoms with Crippen molar-refractivity contribution in [2.45, 2.75) is 0 Å². The van der Waals surface area contributed by atoms with Crippen LogP contribution in [-0.2, 0) is 0 Å². The molecule has 104 valence electrons. The average molecular weight is 292 g/mol. The molecule has 0 saturated carbocycles. The van der Waals surface area contributed by atoms with Gasteiger partial charge in [-0.15, -0.1) is 0 Å². The van der Waals surface area contributed by atoms with Gasteiger partial charge >= 0.3 is 0 Å². The van der Waals surface area contributed by atoms with Gasteiger partial charge in [0.2, 0.25) is 0 Å². The van der Waals surface area contributed by atoms with Crippen LogP contribution in [0.2, 0.25) is 5.02 Å². The fourth-order valence-corrected chi connectivity index (χ4v) is 1.80. The summed E-state index contributed by atoms with van der Waals surface area (Å²) in [4.78, 5) is 12.1. The lowest BCUT2D eigenvalue weighted by molar-refractivity contribution is 0.102. The second-order valence-corrected chi connectivity index (χ2v) is 4.43. The highest BCUT2D eigenvalue weighted by Crippen LogP contribution is 2.27. The standard InChI is InChI=1S/C14H14ClN3O2/c1-20-11-6-7-12(15)13(8-11)17-14(19)9-2-4-10(18-16)5-3-9/h2-8,18H,16H2,1H3,(H,17,19). The Morgan fingerprint density at radius 1 is 1.20 bits per heavy atom. The largest absolute Gasteiger partial charge is 0.497 e. The molecular weight excluding hydrogens is 278 g/mol. The molecule has 0 aliphatic heterocycles. The molecule has 4 N–H and O–H groups in total. The third-order valence-corrected chi connectivity index (χ3v) is 3.07. The lowest BCUT2D eigenvalue weighted by Crippen LogP contribution is -2.13. The van der Waals surface area contributed by atoms with Gasteiger partial charge in [0.1, 0.15) is 5.75 Å². The van der Waals surface area contributed by atoms with E-state index in [1.54, 1.807) is 49.6 Å². The third-order valence-electron chi connectivity index (χ3n) is 2.74. The van der Waals surface area contributed by atoms with Gasteiger partial charge < -0.3 is 15.5 Å². The molecule has 0 bridgehead atoms. The van der Waals surface area contributed by atoms with Gasteiger partial charge in [-0.05, 0) is 36.4 Å². The predicted molar refractivity (Wildman–Crippen MR) is 80.2 cm³/mol. The van der Waals surface area contributed by atoms with Crippen molar-refractivity contribution in [3.8, 4) is 5.75 Å². The van der Waals surface area contributed by atoms with E-state index in [2.05, 4.69) is 10.7 Å². The molecule has 2 rings (SSSR count). The van der Waals surface area contributed by atoms with E-state index in [9.17, 15) is 4.79 Å². The molecule has 0 aliphatic rings. The van der Waals surface area contributed by atoms with E-state index in [-0.39, 0.29) is 5.91 Å². The topological polar surface area (TPSA) is 76.4 Å². The van der Waals surface area contributed by atoms with E-state index in [4.69, 9.17) is 22.2 Å². The second-order valence-electron chi connectivity index (χ2n) is 4.02. The van der Waals surface area contributed by atoms with Crippen molar-refractivity contribution in [3.05, 3.63) is 53.1 Å². The van der Waals surface area contributed by atoms with Crippen LogP contribution in [0.25, 0.3) is 0 Å². The first-order valence-corrected chi connectivity index (χ1v) is 6.23. The quantitative estimate of drug-likeness (QED) is 0.598. The Balaban J connectivity index is 2.18. The van der Waals surface area contributed by atoms with E-state index < -0.39 is 0 Å². The molecule has 0 heterocycles. The molecule has 1 amide bonds.